The average molecular weight is 465 g/mol. The van der Waals surface area contributed by atoms with Crippen LogP contribution in [0.3, 0.4) is 0 Å². The van der Waals surface area contributed by atoms with Crippen LogP contribution < -0.4 is 0 Å². The van der Waals surface area contributed by atoms with Gasteiger partial charge in [0, 0.05) is 32.1 Å². The first-order chi connectivity index (χ1) is 15.2. The van der Waals surface area contributed by atoms with E-state index < -0.39 is 0 Å². The van der Waals surface area contributed by atoms with E-state index in [1.165, 1.54) is 0 Å². The van der Waals surface area contributed by atoms with Gasteiger partial charge in [-0.05, 0) is 84.5 Å². The van der Waals surface area contributed by atoms with Crippen LogP contribution in [-0.4, -0.2) is 19.9 Å². The van der Waals surface area contributed by atoms with Crippen LogP contribution in [0.5, 0.6) is 0 Å². The van der Waals surface area contributed by atoms with E-state index in [2.05, 4.69) is 92.6 Å². The number of nitrogens with zero attached hydrogens (tertiary/aromatic N) is 2. The number of hydrogen-bond acceptors (Lipinski definition) is 2. The third-order valence-electron chi connectivity index (χ3n) is 5.35. The smallest absolute Gasteiger partial charge is 0.0737 e. The lowest BCUT2D eigenvalue weighted by Gasteiger charge is -2.05. The molecule has 0 saturated heterocycles. The van der Waals surface area contributed by atoms with Gasteiger partial charge in [-0.3, -0.25) is 0 Å². The molecule has 0 fully saturated rings. The van der Waals surface area contributed by atoms with Crippen molar-refractivity contribution in [3.8, 4) is 11.1 Å². The van der Waals surface area contributed by atoms with Gasteiger partial charge in [0.1, 0.15) is 0 Å². The summed E-state index contributed by atoms with van der Waals surface area (Å²) in [5, 5.41) is 0. The first kappa shape index (κ1) is 18.1. The van der Waals surface area contributed by atoms with E-state index in [0.717, 1.165) is 60.4 Å². The Hall–Kier alpha value is -3.70. The molecule has 0 spiro atoms. The second kappa shape index (κ2) is 7.22. The normalized spacial score (nSPS) is 12.4. The van der Waals surface area contributed by atoms with Gasteiger partial charge in [-0.25, -0.2) is 9.97 Å². The highest BCUT2D eigenvalue weighted by atomic mass is 79.9. The Kier molecular flexibility index (Phi) is 4.21. The maximum atomic E-state index is 4.91. The van der Waals surface area contributed by atoms with Gasteiger partial charge in [-0.2, -0.15) is 0 Å². The van der Waals surface area contributed by atoms with Crippen molar-refractivity contribution in [3.63, 3.8) is 0 Å². The van der Waals surface area contributed by atoms with Crippen molar-refractivity contribution < 1.29 is 0 Å². The number of nitrogens with one attached hydrogen (secondary N) is 2. The molecule has 5 heteroatoms. The number of aromatic nitrogens is 4. The van der Waals surface area contributed by atoms with Crippen molar-refractivity contribution in [3.05, 3.63) is 94.0 Å². The fourth-order valence-electron chi connectivity index (χ4n) is 3.92. The van der Waals surface area contributed by atoms with Gasteiger partial charge >= 0.3 is 0 Å². The quantitative estimate of drug-likeness (QED) is 0.273. The SMILES string of the molecule is Brc1ccc(-c2c3nc(cc4ccc(cc5ccc(cc6nc2C=C6)[nH]5)[nH]4)C=C3)cc1. The van der Waals surface area contributed by atoms with E-state index in [-0.39, 0.29) is 0 Å². The van der Waals surface area contributed by atoms with Crippen LogP contribution in [0.1, 0.15) is 22.8 Å². The summed E-state index contributed by atoms with van der Waals surface area (Å²) in [5.74, 6) is 0. The van der Waals surface area contributed by atoms with Crippen LogP contribution >= 0.6 is 15.9 Å². The van der Waals surface area contributed by atoms with Crippen molar-refractivity contribution in [1.82, 2.24) is 19.9 Å². The molecular formula is C26H17BrN4. The highest BCUT2D eigenvalue weighted by molar-refractivity contribution is 9.10. The number of rotatable bonds is 1. The summed E-state index contributed by atoms with van der Waals surface area (Å²) < 4.78 is 1.04. The van der Waals surface area contributed by atoms with E-state index in [0.29, 0.717) is 0 Å². The predicted octanol–water partition coefficient (Wildman–Crippen LogP) is 7.09. The van der Waals surface area contributed by atoms with Crippen molar-refractivity contribution in [2.24, 2.45) is 0 Å². The first-order valence-electron chi connectivity index (χ1n) is 10.0. The third kappa shape index (κ3) is 3.53. The van der Waals surface area contributed by atoms with Gasteiger partial charge in [0.2, 0.25) is 0 Å². The van der Waals surface area contributed by atoms with Gasteiger partial charge in [0.05, 0.1) is 22.8 Å². The molecule has 5 heterocycles. The number of H-pyrrole nitrogens is 2. The summed E-state index contributed by atoms with van der Waals surface area (Å²) in [6, 6.07) is 22.8. The molecule has 31 heavy (non-hydrogen) atoms. The summed E-state index contributed by atoms with van der Waals surface area (Å²) in [7, 11) is 0. The van der Waals surface area contributed by atoms with Crippen LogP contribution in [0.2, 0.25) is 0 Å². The number of aromatic amines is 2. The van der Waals surface area contributed by atoms with Crippen LogP contribution in [0.15, 0.2) is 71.2 Å². The molecule has 0 radical (unpaired) electrons. The molecule has 0 amide bonds. The Balaban J connectivity index is 1.71. The Morgan fingerprint density at radius 3 is 1.55 bits per heavy atom. The second-order valence-electron chi connectivity index (χ2n) is 7.56. The molecule has 148 valence electrons. The summed E-state index contributed by atoms with van der Waals surface area (Å²) in [4.78, 5) is 16.7. The van der Waals surface area contributed by atoms with E-state index in [1.807, 2.05) is 24.3 Å². The molecule has 2 aliphatic heterocycles. The maximum Gasteiger partial charge on any atom is 0.0737 e. The summed E-state index contributed by atoms with van der Waals surface area (Å²) in [6.45, 7) is 0. The molecule has 6 rings (SSSR count). The third-order valence-corrected chi connectivity index (χ3v) is 5.88. The van der Waals surface area contributed by atoms with Gasteiger partial charge in [0.15, 0.2) is 0 Å². The zero-order chi connectivity index (χ0) is 20.8. The highest BCUT2D eigenvalue weighted by Gasteiger charge is 2.13. The van der Waals surface area contributed by atoms with Crippen LogP contribution in [0.4, 0.5) is 0 Å². The molecule has 0 atom stereocenters. The van der Waals surface area contributed by atoms with Crippen LogP contribution in [0, 0.1) is 0 Å². The highest BCUT2D eigenvalue weighted by Crippen LogP contribution is 2.31. The van der Waals surface area contributed by atoms with E-state index in [1.54, 1.807) is 0 Å². The fraction of sp³-hybridized carbons (Fsp3) is 0. The minimum Gasteiger partial charge on any atom is -0.355 e. The summed E-state index contributed by atoms with van der Waals surface area (Å²) >= 11 is 3.53. The van der Waals surface area contributed by atoms with Crippen LogP contribution in [-0.2, 0) is 0 Å². The summed E-state index contributed by atoms with van der Waals surface area (Å²) in [5.41, 5.74) is 9.83. The van der Waals surface area contributed by atoms with E-state index in [9.17, 15) is 0 Å². The molecular weight excluding hydrogens is 448 g/mol. The largest absolute Gasteiger partial charge is 0.355 e. The van der Waals surface area contributed by atoms with Gasteiger partial charge in [-0.15, -0.1) is 0 Å². The molecule has 2 aliphatic rings. The Bertz CT molecular complexity index is 1440. The van der Waals surface area contributed by atoms with E-state index >= 15 is 0 Å². The number of hydrogen-bond donors (Lipinski definition) is 2. The number of halogens is 1. The molecule has 2 N–H and O–H groups in total. The lowest BCUT2D eigenvalue weighted by molar-refractivity contribution is 1.28. The molecule has 8 bridgehead atoms. The predicted molar refractivity (Wildman–Crippen MR) is 132 cm³/mol. The second-order valence-corrected chi connectivity index (χ2v) is 8.48. The number of fused-ring (bicyclic) bond motifs is 8. The van der Waals surface area contributed by atoms with Gasteiger partial charge in [0.25, 0.3) is 0 Å². The minimum absolute atomic E-state index is 0.908. The van der Waals surface area contributed by atoms with Crippen LogP contribution in [0.25, 0.3) is 57.5 Å². The monoisotopic (exact) mass is 464 g/mol. The van der Waals surface area contributed by atoms with Gasteiger partial charge in [-0.1, -0.05) is 28.1 Å². The van der Waals surface area contributed by atoms with E-state index in [4.69, 9.17) is 9.97 Å². The molecule has 4 nitrogen and oxygen atoms in total. The number of benzene rings is 1. The molecule has 0 aliphatic carbocycles. The van der Waals surface area contributed by atoms with Crippen molar-refractivity contribution in [1.29, 1.82) is 0 Å². The topological polar surface area (TPSA) is 57.4 Å². The minimum atomic E-state index is 0.908. The van der Waals surface area contributed by atoms with Gasteiger partial charge < -0.3 is 9.97 Å². The molecule has 3 aromatic heterocycles. The lowest BCUT2D eigenvalue weighted by atomic mass is 10.0. The molecule has 1 aromatic carbocycles. The molecule has 0 saturated carbocycles. The summed E-state index contributed by atoms with van der Waals surface area (Å²) in [6.07, 6.45) is 8.21. The molecule has 0 unspecified atom stereocenters. The Morgan fingerprint density at radius 1 is 0.548 bits per heavy atom. The maximum absolute atomic E-state index is 4.91. The standard InChI is InChI=1S/C26H17BrN4/c27-17-3-1-16(2-4-17)26-24-11-9-22(30-24)14-20-7-5-18(28-20)13-19-6-8-21(29-19)15-23-10-12-25(26)31-23/h1-15,28-29H. The van der Waals surface area contributed by atoms with Crippen molar-refractivity contribution >= 4 is 62.3 Å². The first-order valence-corrected chi connectivity index (χ1v) is 10.8. The van der Waals surface area contributed by atoms with Crippen molar-refractivity contribution in [2.45, 2.75) is 0 Å². The molecule has 4 aromatic rings. The average Bonchev–Trinajstić information content (AvgIpc) is 3.55. The fourth-order valence-corrected chi connectivity index (χ4v) is 4.19. The lowest BCUT2D eigenvalue weighted by Crippen LogP contribution is -1.88. The zero-order valence-electron chi connectivity index (χ0n) is 16.4. The van der Waals surface area contributed by atoms with Crippen molar-refractivity contribution in [2.75, 3.05) is 0 Å². The Morgan fingerprint density at radius 2 is 1.03 bits per heavy atom. The zero-order valence-corrected chi connectivity index (χ0v) is 18.0. The Labute approximate surface area is 187 Å².